The lowest BCUT2D eigenvalue weighted by Gasteiger charge is -2.13. The maximum Gasteiger partial charge on any atom is 0.215 e. The quantitative estimate of drug-likeness (QED) is 0.867. The number of nitriles is 1. The zero-order valence-electron chi connectivity index (χ0n) is 11.0. The Morgan fingerprint density at radius 2 is 1.95 bits per heavy atom. The Labute approximate surface area is 114 Å². The molecule has 4 nitrogen and oxygen atoms in total. The van der Waals surface area contributed by atoms with Gasteiger partial charge in [0.25, 0.3) is 0 Å². The van der Waals surface area contributed by atoms with E-state index in [1.165, 1.54) is 0 Å². The molecule has 0 amide bonds. The number of rotatable bonds is 6. The fourth-order valence-corrected chi connectivity index (χ4v) is 3.30. The van der Waals surface area contributed by atoms with Crippen molar-refractivity contribution >= 4 is 10.0 Å². The van der Waals surface area contributed by atoms with Gasteiger partial charge >= 0.3 is 0 Å². The molecule has 0 radical (unpaired) electrons. The summed E-state index contributed by atoms with van der Waals surface area (Å²) in [5.41, 5.74) is 1.45. The van der Waals surface area contributed by atoms with Crippen LogP contribution in [0, 0.1) is 16.7 Å². The van der Waals surface area contributed by atoms with Crippen molar-refractivity contribution < 1.29 is 8.42 Å². The average molecular weight is 278 g/mol. The highest BCUT2D eigenvalue weighted by Crippen LogP contribution is 2.47. The van der Waals surface area contributed by atoms with Gasteiger partial charge in [-0.05, 0) is 42.4 Å². The number of nitrogens with one attached hydrogen (secondary N) is 1. The first-order chi connectivity index (χ1) is 8.99. The molecule has 1 fully saturated rings. The van der Waals surface area contributed by atoms with Gasteiger partial charge in [-0.3, -0.25) is 0 Å². The van der Waals surface area contributed by atoms with Crippen LogP contribution in [-0.2, 0) is 15.8 Å². The second-order valence-electron chi connectivity index (χ2n) is 5.24. The van der Waals surface area contributed by atoms with Gasteiger partial charge < -0.3 is 0 Å². The third-order valence-electron chi connectivity index (χ3n) is 3.81. The summed E-state index contributed by atoms with van der Waals surface area (Å²) >= 11 is 0. The van der Waals surface area contributed by atoms with E-state index >= 15 is 0 Å². The third kappa shape index (κ3) is 3.79. The van der Waals surface area contributed by atoms with Crippen molar-refractivity contribution in [3.8, 4) is 6.07 Å². The molecule has 1 aromatic carbocycles. The summed E-state index contributed by atoms with van der Waals surface area (Å²) in [4.78, 5) is 0. The second kappa shape index (κ2) is 5.32. The maximum absolute atomic E-state index is 12.0. The van der Waals surface area contributed by atoms with Gasteiger partial charge in [-0.25, -0.2) is 13.1 Å². The SMILES string of the molecule is CCC1(CNS(=O)(=O)Cc2ccc(C#N)cc2)CC1. The zero-order chi connectivity index (χ0) is 13.9. The highest BCUT2D eigenvalue weighted by atomic mass is 32.2. The highest BCUT2D eigenvalue weighted by molar-refractivity contribution is 7.88. The summed E-state index contributed by atoms with van der Waals surface area (Å²) in [6.07, 6.45) is 3.25. The lowest BCUT2D eigenvalue weighted by atomic mass is 10.1. The number of nitrogens with zero attached hydrogens (tertiary/aromatic N) is 1. The van der Waals surface area contributed by atoms with Gasteiger partial charge in [0.2, 0.25) is 10.0 Å². The molecule has 1 aromatic rings. The summed E-state index contributed by atoms with van der Waals surface area (Å²) in [7, 11) is -3.29. The molecule has 19 heavy (non-hydrogen) atoms. The molecule has 102 valence electrons. The van der Waals surface area contributed by atoms with Crippen LogP contribution >= 0.6 is 0 Å². The summed E-state index contributed by atoms with van der Waals surface area (Å²) in [6, 6.07) is 8.66. The minimum Gasteiger partial charge on any atom is -0.214 e. The van der Waals surface area contributed by atoms with E-state index in [1.54, 1.807) is 24.3 Å². The van der Waals surface area contributed by atoms with E-state index in [4.69, 9.17) is 5.26 Å². The lowest BCUT2D eigenvalue weighted by molar-refractivity contribution is 0.475. The molecule has 5 heteroatoms. The molecule has 1 N–H and O–H groups in total. The molecular weight excluding hydrogens is 260 g/mol. The number of hydrogen-bond donors (Lipinski definition) is 1. The summed E-state index contributed by atoms with van der Waals surface area (Å²) in [5, 5.41) is 8.69. The molecule has 0 heterocycles. The molecule has 0 bridgehead atoms. The molecule has 1 aliphatic rings. The Balaban J connectivity index is 1.94. The third-order valence-corrected chi connectivity index (χ3v) is 5.11. The molecule has 1 saturated carbocycles. The molecule has 0 atom stereocenters. The Kier molecular flexibility index (Phi) is 3.93. The van der Waals surface area contributed by atoms with Crippen molar-refractivity contribution in [1.82, 2.24) is 4.72 Å². The van der Waals surface area contributed by atoms with Gasteiger partial charge in [0.1, 0.15) is 0 Å². The number of benzene rings is 1. The topological polar surface area (TPSA) is 70.0 Å². The number of hydrogen-bond acceptors (Lipinski definition) is 3. The molecular formula is C14H18N2O2S. The zero-order valence-corrected chi connectivity index (χ0v) is 11.8. The summed E-state index contributed by atoms with van der Waals surface area (Å²) in [5.74, 6) is -0.0293. The van der Waals surface area contributed by atoms with Crippen LogP contribution in [0.1, 0.15) is 37.3 Å². The van der Waals surface area contributed by atoms with E-state index in [0.717, 1.165) is 19.3 Å². The van der Waals surface area contributed by atoms with Crippen LogP contribution in [0.2, 0.25) is 0 Å². The summed E-state index contributed by atoms with van der Waals surface area (Å²) < 4.78 is 26.6. The van der Waals surface area contributed by atoms with Crippen molar-refractivity contribution in [3.05, 3.63) is 35.4 Å². The van der Waals surface area contributed by atoms with E-state index in [-0.39, 0.29) is 11.2 Å². The minimum absolute atomic E-state index is 0.0293. The van der Waals surface area contributed by atoms with Crippen molar-refractivity contribution in [3.63, 3.8) is 0 Å². The number of sulfonamides is 1. The van der Waals surface area contributed by atoms with Crippen molar-refractivity contribution in [1.29, 1.82) is 5.26 Å². The van der Waals surface area contributed by atoms with Crippen LogP contribution in [0.4, 0.5) is 0 Å². The van der Waals surface area contributed by atoms with Gasteiger partial charge in [0.05, 0.1) is 17.4 Å². The molecule has 1 aliphatic carbocycles. The Bertz CT molecular complexity index is 581. The van der Waals surface area contributed by atoms with Crippen LogP contribution in [0.3, 0.4) is 0 Å². The van der Waals surface area contributed by atoms with Crippen LogP contribution < -0.4 is 4.72 Å². The Morgan fingerprint density at radius 3 is 2.42 bits per heavy atom. The Hall–Kier alpha value is -1.38. The van der Waals surface area contributed by atoms with Crippen LogP contribution in [0.25, 0.3) is 0 Å². The van der Waals surface area contributed by atoms with Crippen molar-refractivity contribution in [2.24, 2.45) is 5.41 Å². The van der Waals surface area contributed by atoms with Gasteiger partial charge in [-0.1, -0.05) is 19.1 Å². The summed E-state index contributed by atoms with van der Waals surface area (Å²) in [6.45, 7) is 2.64. The molecule has 0 spiro atoms. The van der Waals surface area contributed by atoms with Crippen LogP contribution in [-0.4, -0.2) is 15.0 Å². The normalized spacial score (nSPS) is 16.8. The van der Waals surface area contributed by atoms with Gasteiger partial charge in [0.15, 0.2) is 0 Å². The monoisotopic (exact) mass is 278 g/mol. The minimum atomic E-state index is -3.29. The van der Waals surface area contributed by atoms with E-state index in [2.05, 4.69) is 11.6 Å². The van der Waals surface area contributed by atoms with Gasteiger partial charge in [0, 0.05) is 6.54 Å². The second-order valence-corrected chi connectivity index (χ2v) is 7.05. The lowest BCUT2D eigenvalue weighted by Crippen LogP contribution is -2.31. The first-order valence-corrected chi connectivity index (χ1v) is 8.10. The highest BCUT2D eigenvalue weighted by Gasteiger charge is 2.41. The molecule has 0 saturated heterocycles. The Morgan fingerprint density at radius 1 is 1.32 bits per heavy atom. The molecule has 0 aromatic heterocycles. The predicted octanol–water partition coefficient (Wildman–Crippen LogP) is 2.17. The fraction of sp³-hybridized carbons (Fsp3) is 0.500. The van der Waals surface area contributed by atoms with Gasteiger partial charge in [-0.2, -0.15) is 5.26 Å². The fourth-order valence-electron chi connectivity index (χ4n) is 2.04. The smallest absolute Gasteiger partial charge is 0.214 e. The van der Waals surface area contributed by atoms with Crippen LogP contribution in [0.5, 0.6) is 0 Å². The average Bonchev–Trinajstić information content (AvgIpc) is 3.18. The van der Waals surface area contributed by atoms with Crippen LogP contribution in [0.15, 0.2) is 24.3 Å². The molecule has 0 aliphatic heterocycles. The van der Waals surface area contributed by atoms with Crippen molar-refractivity contribution in [2.75, 3.05) is 6.54 Å². The van der Waals surface area contributed by atoms with E-state index in [1.807, 2.05) is 6.07 Å². The maximum atomic E-state index is 12.0. The predicted molar refractivity (Wildman–Crippen MR) is 73.7 cm³/mol. The van der Waals surface area contributed by atoms with E-state index < -0.39 is 10.0 Å². The molecule has 0 unspecified atom stereocenters. The van der Waals surface area contributed by atoms with Gasteiger partial charge in [-0.15, -0.1) is 0 Å². The molecule has 2 rings (SSSR count). The first kappa shape index (κ1) is 14.0. The first-order valence-electron chi connectivity index (χ1n) is 6.45. The standard InChI is InChI=1S/C14H18N2O2S/c1-2-14(7-8-14)11-16-19(17,18)10-13-5-3-12(9-15)4-6-13/h3-6,16H,2,7-8,10-11H2,1H3. The van der Waals surface area contributed by atoms with E-state index in [9.17, 15) is 8.42 Å². The van der Waals surface area contributed by atoms with Crippen molar-refractivity contribution in [2.45, 2.75) is 31.9 Å². The van der Waals surface area contributed by atoms with E-state index in [0.29, 0.717) is 17.7 Å². The largest absolute Gasteiger partial charge is 0.215 e.